The number of halogens is 1. The molecule has 12 atom stereocenters. The van der Waals surface area contributed by atoms with E-state index in [1.165, 1.54) is 66.7 Å². The predicted molar refractivity (Wildman–Crippen MR) is 299 cm³/mol. The Labute approximate surface area is 492 Å². The Hall–Kier alpha value is -8.22. The van der Waals surface area contributed by atoms with Crippen LogP contribution in [0.2, 0.25) is 5.02 Å². The van der Waals surface area contributed by atoms with Gasteiger partial charge in [0, 0.05) is 0 Å². The lowest BCUT2D eigenvalue weighted by Gasteiger charge is -2.47. The molecule has 438 valence electrons. The number of phosphoric acid groups is 2. The minimum Gasteiger partial charge on any atom is -0.461 e. The molecule has 21 nitrogen and oxygen atoms in total. The zero-order chi connectivity index (χ0) is 59.2. The standard InChI is InChI=1S/C61H52ClNO20P2/c62-46-34-19-20-35-47(46)81-85(69)72-39-49-50(52(77-56(64)40-22-7-1-8-23-40)54(79-58(66)42-26-11-3-12-27-42)60(76-49)73-44-30-15-5-16-31-44)82-84(68,70-37-21-36-63)71-38-48-51(83-85)53(78-57(65)41-24-9-2-10-25-41)55(80-59(67)43-28-13-4-14-29-43)61(75-48)74-45-32-17-6-18-33-45/h1-20,22-35,48-55,60-61H,21,37-39H2/t48-,49-,50-,51-,52+,53+,54-,55-,60-,61-,84?,85?/m1/s1. The van der Waals surface area contributed by atoms with Gasteiger partial charge in [0.25, 0.3) is 0 Å². The summed E-state index contributed by atoms with van der Waals surface area (Å²) in [4.78, 5) is 57.4. The van der Waals surface area contributed by atoms with Crippen LogP contribution in [0, 0.1) is 11.3 Å². The van der Waals surface area contributed by atoms with E-state index >= 15 is 9.13 Å². The van der Waals surface area contributed by atoms with E-state index < -0.39 is 121 Å². The largest absolute Gasteiger partial charge is 0.530 e. The van der Waals surface area contributed by atoms with Crippen LogP contribution in [0.1, 0.15) is 47.9 Å². The maximum Gasteiger partial charge on any atom is 0.530 e. The van der Waals surface area contributed by atoms with Crippen LogP contribution in [-0.4, -0.2) is 105 Å². The molecule has 0 bridgehead atoms. The molecule has 24 heteroatoms. The van der Waals surface area contributed by atoms with Gasteiger partial charge in [-0.25, -0.2) is 28.3 Å². The first kappa shape index (κ1) is 59.9. The SMILES string of the molecule is N#CCCOP1(=O)OC[C@H]2O[C@@H](Oc3ccccc3)[C@H](OC(=O)c3ccccc3)[C@@H](OC(=O)c3ccccc3)[C@@H]2OP(=O)(Oc2ccccc2Cl)OC[C@H]2O[C@@H](Oc3ccccc3)[C@H](OC(=O)c3ccccc3)[C@@H](OC(=O)c3ccccc3)[C@@H]2O1. The van der Waals surface area contributed by atoms with Crippen molar-refractivity contribution in [2.24, 2.45) is 0 Å². The van der Waals surface area contributed by atoms with E-state index in [9.17, 15) is 24.4 Å². The second-order valence-corrected chi connectivity index (χ2v) is 22.4. The summed E-state index contributed by atoms with van der Waals surface area (Å²) in [5, 5.41) is 9.63. The predicted octanol–water partition coefficient (Wildman–Crippen LogP) is 11.2. The molecule has 0 saturated carbocycles. The normalized spacial score (nSPS) is 26.5. The summed E-state index contributed by atoms with van der Waals surface area (Å²) in [6.07, 6.45) is -19.2. The van der Waals surface area contributed by atoms with Crippen LogP contribution in [-0.2, 0) is 60.2 Å². The highest BCUT2D eigenvalue weighted by Gasteiger charge is 2.59. The molecule has 2 unspecified atom stereocenters. The first-order valence-corrected chi connectivity index (χ1v) is 29.7. The number of esters is 4. The molecule has 3 aliphatic rings. The van der Waals surface area contributed by atoms with Gasteiger partial charge in [0.05, 0.1) is 59.6 Å². The van der Waals surface area contributed by atoms with Gasteiger partial charge in [-0.3, -0.25) is 22.6 Å². The van der Waals surface area contributed by atoms with Crippen LogP contribution in [0.5, 0.6) is 17.2 Å². The van der Waals surface area contributed by atoms with Crippen molar-refractivity contribution in [3.63, 3.8) is 0 Å². The molecule has 0 aromatic heterocycles. The minimum atomic E-state index is -5.44. The first-order chi connectivity index (χ1) is 41.3. The van der Waals surface area contributed by atoms with Gasteiger partial charge in [-0.15, -0.1) is 0 Å². The number of carbonyl (C=O) groups is 4. The van der Waals surface area contributed by atoms with Crippen molar-refractivity contribution in [2.75, 3.05) is 19.8 Å². The van der Waals surface area contributed by atoms with E-state index in [0.717, 1.165) is 0 Å². The van der Waals surface area contributed by atoms with Crippen LogP contribution in [0.15, 0.2) is 206 Å². The monoisotopic (exact) mass is 1220 g/mol. The molecule has 0 radical (unpaired) electrons. The number of fused-ring (bicyclic) bond motifs is 2. The summed E-state index contributed by atoms with van der Waals surface area (Å²) in [6.45, 7) is -2.63. The fraction of sp³-hybridized carbons (Fsp3) is 0.230. The Morgan fingerprint density at radius 3 is 1.20 bits per heavy atom. The van der Waals surface area contributed by atoms with Crippen LogP contribution in [0.3, 0.4) is 0 Å². The Kier molecular flexibility index (Phi) is 19.8. The maximum atomic E-state index is 16.1. The number of nitriles is 1. The molecule has 3 saturated heterocycles. The van der Waals surface area contributed by atoms with Crippen molar-refractivity contribution >= 4 is 51.1 Å². The van der Waals surface area contributed by atoms with Gasteiger partial charge >= 0.3 is 39.5 Å². The molecule has 0 aliphatic carbocycles. The molecule has 85 heavy (non-hydrogen) atoms. The third-order valence-electron chi connectivity index (χ3n) is 13.0. The lowest BCUT2D eigenvalue weighted by atomic mass is 9.98. The van der Waals surface area contributed by atoms with Crippen molar-refractivity contribution in [1.82, 2.24) is 0 Å². The third-order valence-corrected chi connectivity index (χ3v) is 16.2. The van der Waals surface area contributed by atoms with Crippen LogP contribution in [0.4, 0.5) is 0 Å². The van der Waals surface area contributed by atoms with E-state index in [1.807, 2.05) is 6.07 Å². The van der Waals surface area contributed by atoms with E-state index in [4.69, 9.17) is 76.6 Å². The molecule has 0 spiro atoms. The maximum absolute atomic E-state index is 16.1. The zero-order valence-electron chi connectivity index (χ0n) is 44.6. The molecule has 7 aromatic carbocycles. The molecule has 7 aromatic rings. The fourth-order valence-corrected chi connectivity index (χ4v) is 12.0. The Bertz CT molecular complexity index is 3480. The molecular formula is C61H52ClNO20P2. The molecule has 0 amide bonds. The number of ether oxygens (including phenoxy) is 8. The number of hydrogen-bond donors (Lipinski definition) is 0. The Morgan fingerprint density at radius 1 is 0.471 bits per heavy atom. The minimum absolute atomic E-state index is 0.00203. The number of hydrogen-bond acceptors (Lipinski definition) is 21. The lowest BCUT2D eigenvalue weighted by molar-refractivity contribution is -0.281. The van der Waals surface area contributed by atoms with Crippen molar-refractivity contribution in [3.05, 3.63) is 234 Å². The molecule has 3 aliphatic heterocycles. The summed E-state index contributed by atoms with van der Waals surface area (Å²) >= 11 is 6.67. The number of benzene rings is 7. The summed E-state index contributed by atoms with van der Waals surface area (Å²) in [5.41, 5.74) is 0.0954. The van der Waals surface area contributed by atoms with Crippen LogP contribution >= 0.6 is 27.2 Å². The number of carbonyl (C=O) groups excluding carboxylic acids is 4. The molecule has 3 heterocycles. The average Bonchev–Trinajstić information content (AvgIpc) is 1.89. The number of phosphoric ester groups is 2. The smallest absolute Gasteiger partial charge is 0.461 e. The van der Waals surface area contributed by atoms with Crippen molar-refractivity contribution < 1.29 is 93.3 Å². The lowest BCUT2D eigenvalue weighted by Crippen LogP contribution is -2.64. The highest BCUT2D eigenvalue weighted by Crippen LogP contribution is 2.58. The fourth-order valence-electron chi connectivity index (χ4n) is 8.96. The summed E-state index contributed by atoms with van der Waals surface area (Å²) in [5.74, 6) is -3.91. The quantitative estimate of drug-likeness (QED) is 0.0355. The highest BCUT2D eigenvalue weighted by molar-refractivity contribution is 7.49. The number of para-hydroxylation sites is 3. The Morgan fingerprint density at radius 2 is 0.812 bits per heavy atom. The van der Waals surface area contributed by atoms with Gasteiger partial charge in [0.1, 0.15) is 41.7 Å². The number of nitrogens with zero attached hydrogens (tertiary/aromatic N) is 1. The molecule has 3 fully saturated rings. The van der Waals surface area contributed by atoms with Crippen molar-refractivity contribution in [3.8, 4) is 23.3 Å². The van der Waals surface area contributed by atoms with Gasteiger partial charge in [-0.05, 0) is 84.9 Å². The van der Waals surface area contributed by atoms with Crippen LogP contribution in [0.25, 0.3) is 0 Å². The second-order valence-electron chi connectivity index (χ2n) is 18.8. The first-order valence-electron chi connectivity index (χ1n) is 26.4. The second kappa shape index (κ2) is 28.1. The van der Waals surface area contributed by atoms with E-state index in [1.54, 1.807) is 140 Å². The van der Waals surface area contributed by atoms with Crippen LogP contribution < -0.4 is 14.0 Å². The average molecular weight is 1220 g/mol. The zero-order valence-corrected chi connectivity index (χ0v) is 47.2. The molecular weight excluding hydrogens is 1160 g/mol. The van der Waals surface area contributed by atoms with Crippen molar-refractivity contribution in [2.45, 2.75) is 67.8 Å². The van der Waals surface area contributed by atoms with Gasteiger partial charge in [0.15, 0.2) is 12.2 Å². The van der Waals surface area contributed by atoms with E-state index in [-0.39, 0.29) is 50.9 Å². The van der Waals surface area contributed by atoms with E-state index in [0.29, 0.717) is 0 Å². The number of rotatable bonds is 17. The molecule has 10 rings (SSSR count). The molecule has 0 N–H and O–H groups in total. The van der Waals surface area contributed by atoms with Gasteiger partial charge in [0.2, 0.25) is 24.8 Å². The highest BCUT2D eigenvalue weighted by atomic mass is 35.5. The summed E-state index contributed by atoms with van der Waals surface area (Å²) in [7, 11) is -10.7. The van der Waals surface area contributed by atoms with Gasteiger partial charge < -0.3 is 42.4 Å². The Balaban J connectivity index is 1.13. The van der Waals surface area contributed by atoms with Crippen molar-refractivity contribution in [1.29, 1.82) is 5.26 Å². The topological polar surface area (TPSA) is 255 Å². The van der Waals surface area contributed by atoms with Gasteiger partial charge in [-0.1, -0.05) is 133 Å². The summed E-state index contributed by atoms with van der Waals surface area (Å²) in [6, 6.07) is 54.8. The van der Waals surface area contributed by atoms with E-state index in [2.05, 4.69) is 0 Å². The third kappa shape index (κ3) is 15.4. The summed E-state index contributed by atoms with van der Waals surface area (Å²) < 4.78 is 120. The van der Waals surface area contributed by atoms with Gasteiger partial charge in [-0.2, -0.15) is 5.26 Å².